The lowest BCUT2D eigenvalue weighted by molar-refractivity contribution is 0.394. The third-order valence-electron chi connectivity index (χ3n) is 3.10. The highest BCUT2D eigenvalue weighted by atomic mass is 32.2. The third kappa shape index (κ3) is 2.97. The predicted octanol–water partition coefficient (Wildman–Crippen LogP) is 1.93. The molecule has 0 aliphatic carbocycles. The normalized spacial score (nSPS) is 21.8. The van der Waals surface area contributed by atoms with E-state index in [9.17, 15) is 0 Å². The lowest BCUT2D eigenvalue weighted by Gasteiger charge is -2.30. The molecule has 1 fully saturated rings. The quantitative estimate of drug-likeness (QED) is 0.896. The van der Waals surface area contributed by atoms with E-state index in [0.29, 0.717) is 11.3 Å². The summed E-state index contributed by atoms with van der Waals surface area (Å²) in [5.74, 6) is 4.58. The van der Waals surface area contributed by atoms with Crippen molar-refractivity contribution in [3.63, 3.8) is 0 Å². The number of aromatic nitrogens is 2. The van der Waals surface area contributed by atoms with Crippen LogP contribution in [-0.4, -0.2) is 45.9 Å². The number of nitrogens with one attached hydrogen (secondary N) is 1. The minimum absolute atomic E-state index is 0.315. The Morgan fingerprint density at radius 1 is 1.61 bits per heavy atom. The summed E-state index contributed by atoms with van der Waals surface area (Å²) in [5.41, 5.74) is 1.17. The van der Waals surface area contributed by atoms with Crippen LogP contribution in [0.15, 0.2) is 6.20 Å². The average molecular weight is 287 g/mol. The summed E-state index contributed by atoms with van der Waals surface area (Å²) in [6.07, 6.45) is 1.81. The van der Waals surface area contributed by atoms with Crippen molar-refractivity contribution in [1.82, 2.24) is 15.1 Å². The van der Waals surface area contributed by atoms with Crippen molar-refractivity contribution < 1.29 is 4.74 Å². The zero-order chi connectivity index (χ0) is 13.0. The Balaban J connectivity index is 2.24. The van der Waals surface area contributed by atoms with Crippen molar-refractivity contribution in [2.45, 2.75) is 18.2 Å². The van der Waals surface area contributed by atoms with E-state index >= 15 is 0 Å². The maximum Gasteiger partial charge on any atom is 0.161 e. The number of rotatable bonds is 5. The summed E-state index contributed by atoms with van der Waals surface area (Å²) in [6, 6.07) is 0.315. The molecule has 1 N–H and O–H groups in total. The largest absolute Gasteiger partial charge is 0.493 e. The van der Waals surface area contributed by atoms with E-state index in [1.807, 2.05) is 23.5 Å². The Bertz CT molecular complexity index is 377. The lowest BCUT2D eigenvalue weighted by atomic mass is 10.1. The third-order valence-corrected chi connectivity index (χ3v) is 5.97. The van der Waals surface area contributed by atoms with E-state index in [4.69, 9.17) is 4.74 Å². The highest BCUT2D eigenvalue weighted by Gasteiger charge is 2.30. The molecule has 0 bridgehead atoms. The van der Waals surface area contributed by atoms with Gasteiger partial charge in [0.05, 0.1) is 25.0 Å². The number of methoxy groups -OCH3 is 1. The molecule has 0 saturated carbocycles. The van der Waals surface area contributed by atoms with Crippen LogP contribution in [0.4, 0.5) is 0 Å². The van der Waals surface area contributed by atoms with Crippen LogP contribution >= 0.6 is 23.5 Å². The molecular weight excluding hydrogens is 266 g/mol. The van der Waals surface area contributed by atoms with Gasteiger partial charge in [-0.3, -0.25) is 4.68 Å². The van der Waals surface area contributed by atoms with Crippen molar-refractivity contribution >= 4 is 23.5 Å². The van der Waals surface area contributed by atoms with Crippen molar-refractivity contribution in [2.75, 3.05) is 30.9 Å². The number of hydrogen-bond acceptors (Lipinski definition) is 5. The molecule has 1 aliphatic rings. The van der Waals surface area contributed by atoms with Gasteiger partial charge in [0.15, 0.2) is 5.75 Å². The van der Waals surface area contributed by atoms with Crippen molar-refractivity contribution in [3.8, 4) is 5.75 Å². The molecule has 0 amide bonds. The zero-order valence-corrected chi connectivity index (χ0v) is 12.8. The molecule has 0 spiro atoms. The van der Waals surface area contributed by atoms with Crippen LogP contribution in [0, 0.1) is 0 Å². The van der Waals surface area contributed by atoms with Crippen LogP contribution in [0.25, 0.3) is 0 Å². The van der Waals surface area contributed by atoms with Crippen LogP contribution < -0.4 is 10.1 Å². The first kappa shape index (κ1) is 14.1. The Hall–Kier alpha value is -0.330. The topological polar surface area (TPSA) is 39.1 Å². The minimum Gasteiger partial charge on any atom is -0.493 e. The summed E-state index contributed by atoms with van der Waals surface area (Å²) < 4.78 is 7.38. The molecule has 1 aliphatic heterocycles. The van der Waals surface area contributed by atoms with Crippen molar-refractivity contribution in [1.29, 1.82) is 0 Å². The van der Waals surface area contributed by atoms with Gasteiger partial charge in [-0.1, -0.05) is 6.92 Å². The summed E-state index contributed by atoms with van der Waals surface area (Å²) in [6.45, 7) is 3.11. The SMILES string of the molecule is CCNC(c1c(OC)cnn1C)C1CSCCS1. The lowest BCUT2D eigenvalue weighted by Crippen LogP contribution is -2.35. The number of ether oxygens (including phenoxy) is 1. The maximum atomic E-state index is 5.44. The molecule has 2 heterocycles. The number of hydrogen-bond donors (Lipinski definition) is 1. The predicted molar refractivity (Wildman–Crippen MR) is 79.7 cm³/mol. The second-order valence-corrected chi connectivity index (χ2v) is 6.74. The van der Waals surface area contributed by atoms with Crippen LogP contribution in [0.3, 0.4) is 0 Å². The monoisotopic (exact) mass is 287 g/mol. The summed E-state index contributed by atoms with van der Waals surface area (Å²) in [7, 11) is 3.70. The molecule has 6 heteroatoms. The van der Waals surface area contributed by atoms with Gasteiger partial charge in [0.2, 0.25) is 0 Å². The fourth-order valence-corrected chi connectivity index (χ4v) is 5.10. The van der Waals surface area contributed by atoms with Gasteiger partial charge in [0, 0.05) is 29.6 Å². The molecule has 1 aromatic heterocycles. The summed E-state index contributed by atoms with van der Waals surface area (Å²) in [5, 5.41) is 8.51. The smallest absolute Gasteiger partial charge is 0.161 e. The van der Waals surface area contributed by atoms with E-state index in [1.165, 1.54) is 23.0 Å². The zero-order valence-electron chi connectivity index (χ0n) is 11.2. The van der Waals surface area contributed by atoms with E-state index in [2.05, 4.69) is 29.1 Å². The van der Waals surface area contributed by atoms with Gasteiger partial charge in [0.25, 0.3) is 0 Å². The first-order valence-electron chi connectivity index (χ1n) is 6.26. The van der Waals surface area contributed by atoms with E-state index < -0.39 is 0 Å². The maximum absolute atomic E-state index is 5.44. The minimum atomic E-state index is 0.315. The molecule has 0 aromatic carbocycles. The highest BCUT2D eigenvalue weighted by Crippen LogP contribution is 2.36. The molecule has 0 radical (unpaired) electrons. The van der Waals surface area contributed by atoms with Crippen LogP contribution in [0.1, 0.15) is 18.7 Å². The second-order valence-electron chi connectivity index (χ2n) is 4.24. The Labute approximate surface area is 117 Å². The Kier molecular flexibility index (Phi) is 5.26. The van der Waals surface area contributed by atoms with Gasteiger partial charge in [-0.05, 0) is 6.54 Å². The number of aryl methyl sites for hydroxylation is 1. The van der Waals surface area contributed by atoms with Gasteiger partial charge in [0.1, 0.15) is 0 Å². The summed E-state index contributed by atoms with van der Waals surface area (Å²) in [4.78, 5) is 0. The van der Waals surface area contributed by atoms with E-state index in [1.54, 1.807) is 13.3 Å². The van der Waals surface area contributed by atoms with Crippen LogP contribution in [-0.2, 0) is 7.05 Å². The number of nitrogens with zero attached hydrogens (tertiary/aromatic N) is 2. The van der Waals surface area contributed by atoms with Gasteiger partial charge in [-0.2, -0.15) is 28.6 Å². The molecule has 2 rings (SSSR count). The molecule has 2 unspecified atom stereocenters. The van der Waals surface area contributed by atoms with Gasteiger partial charge < -0.3 is 10.1 Å². The molecule has 4 nitrogen and oxygen atoms in total. The van der Waals surface area contributed by atoms with Crippen LogP contribution in [0.5, 0.6) is 5.75 Å². The molecule has 2 atom stereocenters. The molecular formula is C12H21N3OS2. The second kappa shape index (κ2) is 6.73. The molecule has 1 saturated heterocycles. The number of thioether (sulfide) groups is 2. The van der Waals surface area contributed by atoms with Crippen molar-refractivity contribution in [3.05, 3.63) is 11.9 Å². The van der Waals surface area contributed by atoms with E-state index in [0.717, 1.165) is 12.3 Å². The first-order valence-corrected chi connectivity index (χ1v) is 8.46. The standard InChI is InChI=1S/C12H21N3OS2/c1-4-13-11(10-8-17-5-6-18-10)12-9(16-3)7-14-15(12)2/h7,10-11,13H,4-6,8H2,1-3H3. The fourth-order valence-electron chi connectivity index (χ4n) is 2.26. The van der Waals surface area contributed by atoms with Gasteiger partial charge in [-0.25, -0.2) is 0 Å². The first-order chi connectivity index (χ1) is 8.77. The van der Waals surface area contributed by atoms with Gasteiger partial charge in [-0.15, -0.1) is 0 Å². The molecule has 1 aromatic rings. The Morgan fingerprint density at radius 3 is 3.06 bits per heavy atom. The van der Waals surface area contributed by atoms with E-state index in [-0.39, 0.29) is 0 Å². The summed E-state index contributed by atoms with van der Waals surface area (Å²) >= 11 is 4.10. The van der Waals surface area contributed by atoms with Gasteiger partial charge >= 0.3 is 0 Å². The molecule has 102 valence electrons. The molecule has 18 heavy (non-hydrogen) atoms. The Morgan fingerprint density at radius 2 is 2.44 bits per heavy atom. The highest BCUT2D eigenvalue weighted by molar-refractivity contribution is 8.06. The average Bonchev–Trinajstić information content (AvgIpc) is 2.78. The van der Waals surface area contributed by atoms with Crippen molar-refractivity contribution in [2.24, 2.45) is 7.05 Å². The fraction of sp³-hybridized carbons (Fsp3) is 0.750. The van der Waals surface area contributed by atoms with Crippen LogP contribution in [0.2, 0.25) is 0 Å².